The number of phenolic OH excluding ortho intramolecular Hbond substituents is 1. The van der Waals surface area contributed by atoms with Gasteiger partial charge in [0.05, 0.1) is 6.10 Å². The van der Waals surface area contributed by atoms with Gasteiger partial charge in [-0.05, 0) is 50.3 Å². The van der Waals surface area contributed by atoms with Crippen molar-refractivity contribution in [2.45, 2.75) is 59.5 Å². The molecule has 0 aliphatic carbocycles. The Morgan fingerprint density at radius 1 is 1.26 bits per heavy atom. The van der Waals surface area contributed by atoms with E-state index in [1.165, 1.54) is 0 Å². The minimum atomic E-state index is 0.0694. The molecule has 1 aromatic carbocycles. The van der Waals surface area contributed by atoms with Crippen LogP contribution in [0.15, 0.2) is 12.1 Å². The van der Waals surface area contributed by atoms with Crippen LogP contribution in [-0.2, 0) is 11.2 Å². The zero-order valence-electron chi connectivity index (χ0n) is 12.5. The molecular formula is C16H24O3. The molecule has 0 fully saturated rings. The maximum Gasteiger partial charge on any atom is 0.130 e. The van der Waals surface area contributed by atoms with Gasteiger partial charge in [0, 0.05) is 12.5 Å². The highest BCUT2D eigenvalue weighted by Crippen LogP contribution is 2.34. The van der Waals surface area contributed by atoms with Crippen LogP contribution in [0.2, 0.25) is 0 Å². The molecule has 3 heteroatoms. The van der Waals surface area contributed by atoms with Crippen molar-refractivity contribution in [1.29, 1.82) is 0 Å². The van der Waals surface area contributed by atoms with Crippen LogP contribution in [0, 0.1) is 0 Å². The first-order valence-electron chi connectivity index (χ1n) is 6.83. The number of hydrogen-bond acceptors (Lipinski definition) is 3. The van der Waals surface area contributed by atoms with E-state index in [-0.39, 0.29) is 17.6 Å². The summed E-state index contributed by atoms with van der Waals surface area (Å²) in [7, 11) is 0. The lowest BCUT2D eigenvalue weighted by molar-refractivity contribution is -0.116. The molecule has 0 unspecified atom stereocenters. The van der Waals surface area contributed by atoms with E-state index >= 15 is 0 Å². The number of benzene rings is 1. The summed E-state index contributed by atoms with van der Waals surface area (Å²) in [5.41, 5.74) is 1.89. The molecule has 0 saturated carbocycles. The molecule has 0 spiro atoms. The zero-order valence-corrected chi connectivity index (χ0v) is 12.5. The van der Waals surface area contributed by atoms with E-state index < -0.39 is 0 Å². The van der Waals surface area contributed by atoms with Gasteiger partial charge in [-0.2, -0.15) is 0 Å². The SMILES string of the molecule is CC(=O)CCc1cc(C(C)C)c(OC(C)C)cc1O. The predicted octanol–water partition coefficient (Wildman–Crippen LogP) is 3.82. The van der Waals surface area contributed by atoms with Crippen molar-refractivity contribution < 1.29 is 14.6 Å². The minimum Gasteiger partial charge on any atom is -0.508 e. The molecule has 0 aliphatic heterocycles. The van der Waals surface area contributed by atoms with E-state index in [4.69, 9.17) is 4.74 Å². The van der Waals surface area contributed by atoms with Gasteiger partial charge in [-0.1, -0.05) is 13.8 Å². The molecule has 1 N–H and O–H groups in total. The van der Waals surface area contributed by atoms with Crippen molar-refractivity contribution >= 4 is 5.78 Å². The van der Waals surface area contributed by atoms with Gasteiger partial charge in [0.15, 0.2) is 0 Å². The Kier molecular flexibility index (Phi) is 5.40. The van der Waals surface area contributed by atoms with Gasteiger partial charge in [0.25, 0.3) is 0 Å². The van der Waals surface area contributed by atoms with Crippen LogP contribution in [0.5, 0.6) is 11.5 Å². The predicted molar refractivity (Wildman–Crippen MR) is 77.0 cm³/mol. The zero-order chi connectivity index (χ0) is 14.6. The molecule has 0 amide bonds. The summed E-state index contributed by atoms with van der Waals surface area (Å²) in [5, 5.41) is 10.0. The van der Waals surface area contributed by atoms with Gasteiger partial charge in [-0.3, -0.25) is 0 Å². The Bertz CT molecular complexity index is 448. The van der Waals surface area contributed by atoms with Crippen LogP contribution in [0.4, 0.5) is 0 Å². The van der Waals surface area contributed by atoms with Crippen molar-refractivity contribution in [1.82, 2.24) is 0 Å². The third-order valence-corrected chi connectivity index (χ3v) is 2.94. The highest BCUT2D eigenvalue weighted by atomic mass is 16.5. The van der Waals surface area contributed by atoms with E-state index in [1.807, 2.05) is 19.9 Å². The van der Waals surface area contributed by atoms with Crippen molar-refractivity contribution in [2.24, 2.45) is 0 Å². The molecule has 0 bridgehead atoms. The second kappa shape index (κ2) is 6.60. The summed E-state index contributed by atoms with van der Waals surface area (Å²) in [4.78, 5) is 11.1. The summed E-state index contributed by atoms with van der Waals surface area (Å²) in [6.07, 6.45) is 1.10. The number of aryl methyl sites for hydroxylation is 1. The lowest BCUT2D eigenvalue weighted by atomic mass is 9.96. The first kappa shape index (κ1) is 15.5. The molecule has 1 aromatic rings. The van der Waals surface area contributed by atoms with Gasteiger partial charge < -0.3 is 14.6 Å². The highest BCUT2D eigenvalue weighted by molar-refractivity contribution is 5.75. The standard InChI is InChI=1S/C16H24O3/c1-10(2)14-8-13(7-6-12(5)17)15(18)9-16(14)19-11(3)4/h8-11,18H,6-7H2,1-5H3. The van der Waals surface area contributed by atoms with Crippen LogP contribution in [-0.4, -0.2) is 17.0 Å². The number of carbonyl (C=O) groups excluding carboxylic acids is 1. The topological polar surface area (TPSA) is 46.5 Å². The summed E-state index contributed by atoms with van der Waals surface area (Å²) in [6.45, 7) is 9.68. The van der Waals surface area contributed by atoms with E-state index in [2.05, 4.69) is 13.8 Å². The third-order valence-electron chi connectivity index (χ3n) is 2.94. The third kappa shape index (κ3) is 4.58. The average Bonchev–Trinajstić information content (AvgIpc) is 2.26. The molecule has 0 saturated heterocycles. The second-order valence-electron chi connectivity index (χ2n) is 5.54. The molecule has 19 heavy (non-hydrogen) atoms. The monoisotopic (exact) mass is 264 g/mol. The lowest BCUT2D eigenvalue weighted by Crippen LogP contribution is -2.08. The number of ether oxygens (including phenoxy) is 1. The highest BCUT2D eigenvalue weighted by Gasteiger charge is 2.14. The number of phenols is 1. The summed E-state index contributed by atoms with van der Waals surface area (Å²) in [5.74, 6) is 1.38. The first-order chi connectivity index (χ1) is 8.81. The Labute approximate surface area is 115 Å². The molecule has 0 aromatic heterocycles. The quantitative estimate of drug-likeness (QED) is 0.849. The summed E-state index contributed by atoms with van der Waals surface area (Å²) >= 11 is 0. The Hall–Kier alpha value is -1.51. The van der Waals surface area contributed by atoms with E-state index in [1.54, 1.807) is 13.0 Å². The normalized spacial score (nSPS) is 11.1. The van der Waals surface area contributed by atoms with Gasteiger partial charge in [0.1, 0.15) is 17.3 Å². The average molecular weight is 264 g/mol. The molecule has 3 nitrogen and oxygen atoms in total. The van der Waals surface area contributed by atoms with E-state index in [9.17, 15) is 9.90 Å². The number of Topliss-reactive ketones (excluding diaryl/α,β-unsaturated/α-hetero) is 1. The molecule has 1 rings (SSSR count). The van der Waals surface area contributed by atoms with Gasteiger partial charge in [-0.15, -0.1) is 0 Å². The van der Waals surface area contributed by atoms with E-state index in [0.29, 0.717) is 18.8 Å². The fourth-order valence-electron chi connectivity index (χ4n) is 1.95. The smallest absolute Gasteiger partial charge is 0.130 e. The maximum atomic E-state index is 11.1. The fourth-order valence-corrected chi connectivity index (χ4v) is 1.95. The van der Waals surface area contributed by atoms with Crippen molar-refractivity contribution in [3.05, 3.63) is 23.3 Å². The number of hydrogen-bond donors (Lipinski definition) is 1. The van der Waals surface area contributed by atoms with E-state index in [0.717, 1.165) is 16.9 Å². The first-order valence-corrected chi connectivity index (χ1v) is 6.83. The van der Waals surface area contributed by atoms with Crippen molar-refractivity contribution in [3.63, 3.8) is 0 Å². The molecular weight excluding hydrogens is 240 g/mol. The van der Waals surface area contributed by atoms with Crippen LogP contribution >= 0.6 is 0 Å². The van der Waals surface area contributed by atoms with Crippen LogP contribution in [0.3, 0.4) is 0 Å². The molecule has 106 valence electrons. The fraction of sp³-hybridized carbons (Fsp3) is 0.562. The largest absolute Gasteiger partial charge is 0.508 e. The van der Waals surface area contributed by atoms with Crippen LogP contribution in [0.25, 0.3) is 0 Å². The summed E-state index contributed by atoms with van der Waals surface area (Å²) < 4.78 is 5.74. The Morgan fingerprint density at radius 2 is 1.89 bits per heavy atom. The Balaban J connectivity index is 3.09. The number of rotatable bonds is 6. The lowest BCUT2D eigenvalue weighted by Gasteiger charge is -2.18. The second-order valence-corrected chi connectivity index (χ2v) is 5.54. The summed E-state index contributed by atoms with van der Waals surface area (Å²) in [6, 6.07) is 3.63. The van der Waals surface area contributed by atoms with Crippen LogP contribution < -0.4 is 4.74 Å². The molecule has 0 radical (unpaired) electrons. The minimum absolute atomic E-state index is 0.0694. The van der Waals surface area contributed by atoms with Gasteiger partial charge >= 0.3 is 0 Å². The van der Waals surface area contributed by atoms with Crippen molar-refractivity contribution in [3.8, 4) is 11.5 Å². The molecule has 0 atom stereocenters. The molecule has 0 heterocycles. The van der Waals surface area contributed by atoms with Crippen LogP contribution in [0.1, 0.15) is 58.1 Å². The maximum absolute atomic E-state index is 11.1. The number of aromatic hydroxyl groups is 1. The Morgan fingerprint density at radius 3 is 2.37 bits per heavy atom. The number of ketones is 1. The van der Waals surface area contributed by atoms with Gasteiger partial charge in [0.2, 0.25) is 0 Å². The number of carbonyl (C=O) groups is 1. The van der Waals surface area contributed by atoms with Gasteiger partial charge in [-0.25, -0.2) is 0 Å². The van der Waals surface area contributed by atoms with Crippen molar-refractivity contribution in [2.75, 3.05) is 0 Å². The molecule has 0 aliphatic rings.